The zero-order chi connectivity index (χ0) is 10.1. The first-order valence-electron chi connectivity index (χ1n) is 4.62. The Morgan fingerprint density at radius 1 is 1.64 bits per heavy atom. The minimum absolute atomic E-state index is 0.227. The lowest BCUT2D eigenvalue weighted by molar-refractivity contribution is -0.107. The number of fused-ring (bicyclic) bond motifs is 1. The number of benzene rings is 1. The summed E-state index contributed by atoms with van der Waals surface area (Å²) in [5.74, 6) is 0.910. The summed E-state index contributed by atoms with van der Waals surface area (Å²) in [6.07, 6.45) is 2.49. The molecule has 0 saturated carbocycles. The molecule has 3 heteroatoms. The van der Waals surface area contributed by atoms with Crippen molar-refractivity contribution in [3.63, 3.8) is 0 Å². The number of carbonyl (C=O) groups is 1. The van der Waals surface area contributed by atoms with Crippen LogP contribution in [0, 0.1) is 0 Å². The summed E-state index contributed by atoms with van der Waals surface area (Å²) in [6.45, 7) is 2.04. The summed E-state index contributed by atoms with van der Waals surface area (Å²) in [5.41, 5.74) is 2.18. The van der Waals surface area contributed by atoms with Crippen molar-refractivity contribution < 1.29 is 9.53 Å². The number of hydrogen-bond donors (Lipinski definition) is 0. The van der Waals surface area contributed by atoms with Gasteiger partial charge in [0.2, 0.25) is 0 Å². The highest BCUT2D eigenvalue weighted by Crippen LogP contribution is 2.35. The Morgan fingerprint density at radius 2 is 2.43 bits per heavy atom. The van der Waals surface area contributed by atoms with Gasteiger partial charge >= 0.3 is 0 Å². The molecule has 1 unspecified atom stereocenters. The van der Waals surface area contributed by atoms with E-state index in [0.29, 0.717) is 6.42 Å². The second kappa shape index (κ2) is 3.73. The van der Waals surface area contributed by atoms with Crippen LogP contribution in [0.15, 0.2) is 16.6 Å². The third kappa shape index (κ3) is 1.69. The average Bonchev–Trinajstić information content (AvgIpc) is 2.45. The maximum Gasteiger partial charge on any atom is 0.126 e. The summed E-state index contributed by atoms with van der Waals surface area (Å²) < 4.78 is 6.68. The maximum atomic E-state index is 10.5. The zero-order valence-electron chi connectivity index (χ0n) is 7.92. The molecule has 0 amide bonds. The first-order valence-corrected chi connectivity index (χ1v) is 5.41. The van der Waals surface area contributed by atoms with Crippen molar-refractivity contribution in [1.82, 2.24) is 0 Å². The minimum atomic E-state index is 0.227. The number of carbonyl (C=O) groups excluding carboxylic acids is 1. The van der Waals surface area contributed by atoms with E-state index in [4.69, 9.17) is 4.74 Å². The first kappa shape index (κ1) is 9.71. The summed E-state index contributed by atoms with van der Waals surface area (Å²) >= 11 is 3.43. The highest BCUT2D eigenvalue weighted by atomic mass is 79.9. The van der Waals surface area contributed by atoms with E-state index in [1.165, 1.54) is 5.56 Å². The molecule has 0 N–H and O–H groups in total. The van der Waals surface area contributed by atoms with Gasteiger partial charge in [-0.1, -0.05) is 15.9 Å². The predicted molar refractivity (Wildman–Crippen MR) is 57.7 cm³/mol. The summed E-state index contributed by atoms with van der Waals surface area (Å²) in [4.78, 5) is 10.5. The van der Waals surface area contributed by atoms with Crippen LogP contribution in [0.2, 0.25) is 0 Å². The third-order valence-electron chi connectivity index (χ3n) is 2.34. The minimum Gasteiger partial charge on any atom is -0.490 e. The molecule has 0 radical (unpaired) electrons. The van der Waals surface area contributed by atoms with Crippen LogP contribution in [-0.2, 0) is 17.6 Å². The van der Waals surface area contributed by atoms with Crippen molar-refractivity contribution in [2.24, 2.45) is 0 Å². The van der Waals surface area contributed by atoms with Crippen molar-refractivity contribution >= 4 is 22.2 Å². The van der Waals surface area contributed by atoms with Gasteiger partial charge in [-0.05, 0) is 24.6 Å². The third-order valence-corrected chi connectivity index (χ3v) is 2.80. The molecule has 74 valence electrons. The van der Waals surface area contributed by atoms with E-state index < -0.39 is 0 Å². The van der Waals surface area contributed by atoms with Crippen LogP contribution in [0.3, 0.4) is 0 Å². The van der Waals surface area contributed by atoms with Gasteiger partial charge in [-0.15, -0.1) is 0 Å². The van der Waals surface area contributed by atoms with E-state index in [-0.39, 0.29) is 6.10 Å². The molecule has 0 bridgehead atoms. The van der Waals surface area contributed by atoms with E-state index in [1.807, 2.05) is 13.0 Å². The summed E-state index contributed by atoms with van der Waals surface area (Å²) in [6, 6.07) is 4.01. The van der Waals surface area contributed by atoms with Crippen molar-refractivity contribution in [1.29, 1.82) is 0 Å². The highest BCUT2D eigenvalue weighted by Gasteiger charge is 2.22. The molecule has 14 heavy (non-hydrogen) atoms. The number of aldehydes is 1. The smallest absolute Gasteiger partial charge is 0.126 e. The second-order valence-electron chi connectivity index (χ2n) is 3.56. The van der Waals surface area contributed by atoms with Crippen LogP contribution in [0.4, 0.5) is 0 Å². The van der Waals surface area contributed by atoms with Gasteiger partial charge in [0.25, 0.3) is 0 Å². The molecule has 0 aliphatic carbocycles. The molecular formula is C11H11BrO2. The SMILES string of the molecule is CC1Cc2cc(Br)cc(CC=O)c2O1. The molecule has 0 aromatic heterocycles. The van der Waals surface area contributed by atoms with Gasteiger partial charge in [0.1, 0.15) is 18.1 Å². The molecule has 0 saturated heterocycles. The second-order valence-corrected chi connectivity index (χ2v) is 4.47. The van der Waals surface area contributed by atoms with Gasteiger partial charge in [0.15, 0.2) is 0 Å². The topological polar surface area (TPSA) is 26.3 Å². The Morgan fingerprint density at radius 3 is 3.14 bits per heavy atom. The monoisotopic (exact) mass is 254 g/mol. The Hall–Kier alpha value is -0.830. The van der Waals surface area contributed by atoms with Crippen LogP contribution < -0.4 is 4.74 Å². The quantitative estimate of drug-likeness (QED) is 0.759. The number of hydrogen-bond acceptors (Lipinski definition) is 2. The number of ether oxygens (including phenoxy) is 1. The molecule has 0 spiro atoms. The molecule has 1 heterocycles. The van der Waals surface area contributed by atoms with Gasteiger partial charge in [-0.25, -0.2) is 0 Å². The largest absolute Gasteiger partial charge is 0.490 e. The van der Waals surface area contributed by atoms with Crippen LogP contribution in [0.5, 0.6) is 5.75 Å². The van der Waals surface area contributed by atoms with Crippen molar-refractivity contribution in [3.8, 4) is 5.75 Å². The number of halogens is 1. The van der Waals surface area contributed by atoms with Gasteiger partial charge in [-0.3, -0.25) is 0 Å². The molecule has 1 aliphatic heterocycles. The van der Waals surface area contributed by atoms with Crippen LogP contribution >= 0.6 is 15.9 Å². The number of rotatable bonds is 2. The Kier molecular flexibility index (Phi) is 2.59. The maximum absolute atomic E-state index is 10.5. The highest BCUT2D eigenvalue weighted by molar-refractivity contribution is 9.10. The molecule has 2 rings (SSSR count). The van der Waals surface area contributed by atoms with Crippen molar-refractivity contribution in [3.05, 3.63) is 27.7 Å². The molecule has 1 aromatic rings. The molecule has 2 nitrogen and oxygen atoms in total. The Bertz CT molecular complexity index is 374. The standard InChI is InChI=1S/C11H11BrO2/c1-7-4-9-6-10(12)5-8(2-3-13)11(9)14-7/h3,5-7H,2,4H2,1H3. The van der Waals surface area contributed by atoms with Gasteiger partial charge < -0.3 is 9.53 Å². The fourth-order valence-electron chi connectivity index (χ4n) is 1.81. The van der Waals surface area contributed by atoms with Crippen LogP contribution in [0.25, 0.3) is 0 Å². The summed E-state index contributed by atoms with van der Waals surface area (Å²) in [7, 11) is 0. The first-order chi connectivity index (χ1) is 6.70. The summed E-state index contributed by atoms with van der Waals surface area (Å²) in [5, 5.41) is 0. The van der Waals surface area contributed by atoms with Gasteiger partial charge in [0.05, 0.1) is 0 Å². The lowest BCUT2D eigenvalue weighted by Gasteiger charge is -2.07. The van der Waals surface area contributed by atoms with E-state index >= 15 is 0 Å². The molecule has 1 aromatic carbocycles. The van der Waals surface area contributed by atoms with Crippen molar-refractivity contribution in [2.75, 3.05) is 0 Å². The zero-order valence-corrected chi connectivity index (χ0v) is 9.50. The fraction of sp³-hybridized carbons (Fsp3) is 0.364. The Balaban J connectivity index is 2.46. The van der Waals surface area contributed by atoms with Crippen LogP contribution in [-0.4, -0.2) is 12.4 Å². The van der Waals surface area contributed by atoms with E-state index in [2.05, 4.69) is 22.0 Å². The predicted octanol–water partition coefficient (Wildman–Crippen LogP) is 2.51. The normalized spacial score (nSPS) is 18.9. The van der Waals surface area contributed by atoms with Gasteiger partial charge in [-0.2, -0.15) is 0 Å². The Labute approximate surface area is 91.4 Å². The molecule has 0 fully saturated rings. The lowest BCUT2D eigenvalue weighted by atomic mass is 10.1. The fourth-order valence-corrected chi connectivity index (χ4v) is 2.36. The van der Waals surface area contributed by atoms with Crippen molar-refractivity contribution in [2.45, 2.75) is 25.9 Å². The van der Waals surface area contributed by atoms with E-state index in [1.54, 1.807) is 0 Å². The average molecular weight is 255 g/mol. The van der Waals surface area contributed by atoms with E-state index in [9.17, 15) is 4.79 Å². The van der Waals surface area contributed by atoms with Gasteiger partial charge in [0, 0.05) is 22.9 Å². The molecular weight excluding hydrogens is 244 g/mol. The van der Waals surface area contributed by atoms with Crippen LogP contribution in [0.1, 0.15) is 18.1 Å². The van der Waals surface area contributed by atoms with E-state index in [0.717, 1.165) is 28.5 Å². The lowest BCUT2D eigenvalue weighted by Crippen LogP contribution is -2.06. The molecule has 1 atom stereocenters. The molecule has 1 aliphatic rings.